The predicted molar refractivity (Wildman–Crippen MR) is 63.2 cm³/mol. The zero-order chi connectivity index (χ0) is 12.3. The summed E-state index contributed by atoms with van der Waals surface area (Å²) in [5.41, 5.74) is -0.0386. The van der Waals surface area contributed by atoms with Gasteiger partial charge in [0, 0.05) is 6.42 Å². The Balaban J connectivity index is 3.03. The second kappa shape index (κ2) is 5.73. The van der Waals surface area contributed by atoms with Gasteiger partial charge in [-0.3, -0.25) is 0 Å². The highest BCUT2D eigenvalue weighted by Crippen LogP contribution is 2.32. The van der Waals surface area contributed by atoms with Crippen molar-refractivity contribution in [3.63, 3.8) is 0 Å². The summed E-state index contributed by atoms with van der Waals surface area (Å²) in [4.78, 5) is 11.6. The lowest BCUT2D eigenvalue weighted by atomic mass is 10.2. The van der Waals surface area contributed by atoms with Gasteiger partial charge in [0.05, 0.1) is 20.6 Å². The topological polar surface area (TPSA) is 46.5 Å². The summed E-state index contributed by atoms with van der Waals surface area (Å²) >= 11 is 17.4. The molecule has 1 aromatic carbocycles. The lowest BCUT2D eigenvalue weighted by molar-refractivity contribution is -0.0656. The normalized spacial score (nSPS) is 12.3. The molecule has 0 aromatic heterocycles. The Hall–Kier alpha value is -0.480. The number of benzene rings is 1. The molecule has 0 spiro atoms. The van der Waals surface area contributed by atoms with Crippen molar-refractivity contribution in [2.45, 2.75) is 19.6 Å². The fourth-order valence-electron chi connectivity index (χ4n) is 0.980. The number of esters is 1. The molecule has 1 N–H and O–H groups in total. The molecule has 1 unspecified atom stereocenters. The summed E-state index contributed by atoms with van der Waals surface area (Å²) in [6, 6.07) is 2.91. The average Bonchev–Trinajstić information content (AvgIpc) is 2.24. The van der Waals surface area contributed by atoms with E-state index in [1.807, 2.05) is 0 Å². The van der Waals surface area contributed by atoms with Crippen LogP contribution < -0.4 is 0 Å². The number of carbonyl (C=O) groups excluding carboxylic acids is 1. The maximum atomic E-state index is 11.6. The Bertz CT molecular complexity index is 407. The molecule has 0 bridgehead atoms. The van der Waals surface area contributed by atoms with Crippen molar-refractivity contribution >= 4 is 40.8 Å². The van der Waals surface area contributed by atoms with Crippen molar-refractivity contribution in [1.82, 2.24) is 0 Å². The van der Waals surface area contributed by atoms with Crippen molar-refractivity contribution in [2.24, 2.45) is 0 Å². The second-order valence-electron chi connectivity index (χ2n) is 2.99. The van der Waals surface area contributed by atoms with Gasteiger partial charge in [-0.25, -0.2) is 4.79 Å². The van der Waals surface area contributed by atoms with Crippen LogP contribution in [0.3, 0.4) is 0 Å². The third-order valence-electron chi connectivity index (χ3n) is 1.84. The number of hydrogen-bond acceptors (Lipinski definition) is 3. The molecule has 0 heterocycles. The summed E-state index contributed by atoms with van der Waals surface area (Å²) in [6.45, 7) is 1.67. The summed E-state index contributed by atoms with van der Waals surface area (Å²) < 4.78 is 4.69. The third kappa shape index (κ3) is 3.01. The highest BCUT2D eigenvalue weighted by atomic mass is 35.5. The molecular weight excluding hydrogens is 274 g/mol. The Morgan fingerprint density at radius 1 is 1.38 bits per heavy atom. The number of halogens is 3. The first kappa shape index (κ1) is 13.6. The summed E-state index contributed by atoms with van der Waals surface area (Å²) in [6.07, 6.45) is -0.903. The molecule has 0 radical (unpaired) electrons. The van der Waals surface area contributed by atoms with E-state index < -0.39 is 12.3 Å². The van der Waals surface area contributed by atoms with Crippen molar-refractivity contribution < 1.29 is 14.6 Å². The molecule has 0 aliphatic carbocycles. The highest BCUT2D eigenvalue weighted by Gasteiger charge is 2.20. The lowest BCUT2D eigenvalue weighted by Crippen LogP contribution is -2.17. The van der Waals surface area contributed by atoms with Gasteiger partial charge in [0.2, 0.25) is 6.29 Å². The number of rotatable bonds is 3. The van der Waals surface area contributed by atoms with Crippen molar-refractivity contribution in [2.75, 3.05) is 0 Å². The Kier molecular flexibility index (Phi) is 4.87. The SMILES string of the molecule is CCC(O)OC(=O)c1c(Cl)ccc(Cl)c1Cl. The maximum absolute atomic E-state index is 11.6. The minimum atomic E-state index is -1.18. The number of aliphatic hydroxyl groups excluding tert-OH is 1. The van der Waals surface area contributed by atoms with Crippen LogP contribution >= 0.6 is 34.8 Å². The molecular formula is C10H9Cl3O3. The van der Waals surface area contributed by atoms with Crippen LogP contribution in [0.4, 0.5) is 0 Å². The van der Waals surface area contributed by atoms with E-state index >= 15 is 0 Å². The van der Waals surface area contributed by atoms with Crippen LogP contribution in [-0.4, -0.2) is 17.4 Å². The summed E-state index contributed by atoms with van der Waals surface area (Å²) in [7, 11) is 0. The molecule has 0 fully saturated rings. The molecule has 3 nitrogen and oxygen atoms in total. The molecule has 1 rings (SSSR count). The lowest BCUT2D eigenvalue weighted by Gasteiger charge is -2.12. The van der Waals surface area contributed by atoms with E-state index in [0.29, 0.717) is 0 Å². The van der Waals surface area contributed by atoms with Crippen LogP contribution in [-0.2, 0) is 4.74 Å². The minimum Gasteiger partial charge on any atom is -0.432 e. The Morgan fingerprint density at radius 2 is 1.94 bits per heavy atom. The maximum Gasteiger partial charge on any atom is 0.343 e. The molecule has 6 heteroatoms. The standard InChI is InChI=1S/C10H9Cl3O3/c1-2-7(14)16-10(15)8-5(11)3-4-6(12)9(8)13/h3-4,7,14H,2H2,1H3. The van der Waals surface area contributed by atoms with Gasteiger partial charge in [-0.2, -0.15) is 0 Å². The number of ether oxygens (including phenoxy) is 1. The van der Waals surface area contributed by atoms with Gasteiger partial charge in [-0.1, -0.05) is 41.7 Å². The third-order valence-corrected chi connectivity index (χ3v) is 2.96. The van der Waals surface area contributed by atoms with Gasteiger partial charge in [-0.15, -0.1) is 0 Å². The Labute approximate surface area is 108 Å². The van der Waals surface area contributed by atoms with Crippen LogP contribution in [0.5, 0.6) is 0 Å². The molecule has 0 saturated carbocycles. The van der Waals surface area contributed by atoms with Crippen LogP contribution in [0.1, 0.15) is 23.7 Å². The van der Waals surface area contributed by atoms with Crippen molar-refractivity contribution in [3.05, 3.63) is 32.8 Å². The number of aliphatic hydroxyl groups is 1. The molecule has 0 aliphatic rings. The van der Waals surface area contributed by atoms with Crippen molar-refractivity contribution in [3.8, 4) is 0 Å². The minimum absolute atomic E-state index is 0.0162. The monoisotopic (exact) mass is 282 g/mol. The zero-order valence-corrected chi connectivity index (χ0v) is 10.6. The molecule has 0 saturated heterocycles. The van der Waals surface area contributed by atoms with E-state index in [1.165, 1.54) is 12.1 Å². The summed E-state index contributed by atoms with van der Waals surface area (Å²) in [5, 5.41) is 9.52. The first-order valence-electron chi connectivity index (χ1n) is 4.50. The van der Waals surface area contributed by atoms with Gasteiger partial charge in [0.1, 0.15) is 0 Å². The molecule has 0 aliphatic heterocycles. The molecule has 16 heavy (non-hydrogen) atoms. The van der Waals surface area contributed by atoms with E-state index in [2.05, 4.69) is 0 Å². The number of hydrogen-bond donors (Lipinski definition) is 1. The van der Waals surface area contributed by atoms with Crippen LogP contribution in [0, 0.1) is 0 Å². The van der Waals surface area contributed by atoms with Crippen LogP contribution in [0.25, 0.3) is 0 Å². The van der Waals surface area contributed by atoms with Gasteiger partial charge in [0.25, 0.3) is 0 Å². The molecule has 1 atom stereocenters. The number of carbonyl (C=O) groups is 1. The molecule has 0 amide bonds. The van der Waals surface area contributed by atoms with Gasteiger partial charge < -0.3 is 9.84 Å². The second-order valence-corrected chi connectivity index (χ2v) is 4.18. The fraction of sp³-hybridized carbons (Fsp3) is 0.300. The van der Waals surface area contributed by atoms with E-state index in [0.717, 1.165) is 0 Å². The average molecular weight is 284 g/mol. The van der Waals surface area contributed by atoms with Crippen molar-refractivity contribution in [1.29, 1.82) is 0 Å². The molecule has 88 valence electrons. The fourth-order valence-corrected chi connectivity index (χ4v) is 1.66. The largest absolute Gasteiger partial charge is 0.432 e. The van der Waals surface area contributed by atoms with Crippen LogP contribution in [0.2, 0.25) is 15.1 Å². The zero-order valence-electron chi connectivity index (χ0n) is 8.34. The van der Waals surface area contributed by atoms with Gasteiger partial charge in [-0.05, 0) is 12.1 Å². The van der Waals surface area contributed by atoms with Gasteiger partial charge >= 0.3 is 5.97 Å². The smallest absolute Gasteiger partial charge is 0.343 e. The summed E-state index contributed by atoms with van der Waals surface area (Å²) in [5.74, 6) is -0.799. The Morgan fingerprint density at radius 3 is 2.50 bits per heavy atom. The predicted octanol–water partition coefficient (Wildman–Crippen LogP) is 3.53. The first-order chi connectivity index (χ1) is 7.47. The first-order valence-corrected chi connectivity index (χ1v) is 5.63. The van der Waals surface area contributed by atoms with E-state index in [1.54, 1.807) is 6.92 Å². The van der Waals surface area contributed by atoms with E-state index in [9.17, 15) is 9.90 Å². The van der Waals surface area contributed by atoms with Gasteiger partial charge in [0.15, 0.2) is 0 Å². The van der Waals surface area contributed by atoms with E-state index in [4.69, 9.17) is 39.5 Å². The van der Waals surface area contributed by atoms with E-state index in [-0.39, 0.29) is 27.1 Å². The molecule has 1 aromatic rings. The van der Waals surface area contributed by atoms with Crippen LogP contribution in [0.15, 0.2) is 12.1 Å². The quantitative estimate of drug-likeness (QED) is 0.524. The highest BCUT2D eigenvalue weighted by molar-refractivity contribution is 6.46.